The van der Waals surface area contributed by atoms with Crippen molar-refractivity contribution < 1.29 is 14.6 Å². The summed E-state index contributed by atoms with van der Waals surface area (Å²) in [6, 6.07) is 12.8. The summed E-state index contributed by atoms with van der Waals surface area (Å²) in [4.78, 5) is 18.3. The van der Waals surface area contributed by atoms with E-state index in [1.807, 2.05) is 36.5 Å². The fraction of sp³-hybridized carbons (Fsp3) is 0.304. The van der Waals surface area contributed by atoms with Crippen LogP contribution < -0.4 is 10.0 Å². The molecule has 3 rings (SSSR count). The van der Waals surface area contributed by atoms with Gasteiger partial charge in [-0.15, -0.1) is 11.3 Å². The van der Waals surface area contributed by atoms with Gasteiger partial charge in [0, 0.05) is 33.4 Å². The molecule has 164 valence electrons. The number of phenols is 1. The first-order valence-corrected chi connectivity index (χ1v) is 11.6. The first-order chi connectivity index (χ1) is 14.6. The molecule has 0 aliphatic carbocycles. The average molecular weight is 458 g/mol. The number of ether oxygens (including phenoxy) is 1. The number of carbonyl (C=O) groups excluding carboxylic acids is 1. The minimum Gasteiger partial charge on any atom is -0.508 e. The van der Waals surface area contributed by atoms with Crippen LogP contribution >= 0.6 is 23.3 Å². The van der Waals surface area contributed by atoms with Crippen LogP contribution in [0.15, 0.2) is 53.6 Å². The Bertz CT molecular complexity index is 1040. The van der Waals surface area contributed by atoms with E-state index >= 15 is 0 Å². The molecule has 1 heterocycles. The van der Waals surface area contributed by atoms with Crippen LogP contribution in [0.4, 0.5) is 10.5 Å². The molecule has 0 atom stereocenters. The summed E-state index contributed by atoms with van der Waals surface area (Å²) in [5.41, 5.74) is 2.57. The third-order valence-electron chi connectivity index (χ3n) is 3.92. The van der Waals surface area contributed by atoms with Crippen LogP contribution in [0.25, 0.3) is 21.0 Å². The van der Waals surface area contributed by atoms with Crippen LogP contribution in [0.3, 0.4) is 0 Å². The number of nitrogens with zero attached hydrogens (tertiary/aromatic N) is 1. The summed E-state index contributed by atoms with van der Waals surface area (Å²) >= 11 is 3.07. The lowest BCUT2D eigenvalue weighted by atomic mass is 10.1. The van der Waals surface area contributed by atoms with Gasteiger partial charge in [-0.2, -0.15) is 0 Å². The van der Waals surface area contributed by atoms with Crippen molar-refractivity contribution in [2.45, 2.75) is 51.2 Å². The molecule has 1 aromatic heterocycles. The van der Waals surface area contributed by atoms with Gasteiger partial charge in [0.15, 0.2) is 0 Å². The van der Waals surface area contributed by atoms with Gasteiger partial charge in [-0.25, -0.2) is 9.78 Å². The highest BCUT2D eigenvalue weighted by molar-refractivity contribution is 7.97. The molecule has 0 saturated carbocycles. The lowest BCUT2D eigenvalue weighted by Crippen LogP contribution is -2.29. The van der Waals surface area contributed by atoms with Gasteiger partial charge in [0.25, 0.3) is 0 Å². The molecule has 2 aromatic carbocycles. The number of carbonyl (C=O) groups is 1. The van der Waals surface area contributed by atoms with Crippen molar-refractivity contribution in [1.82, 2.24) is 9.71 Å². The smallest absolute Gasteiger partial charge is 0.411 e. The van der Waals surface area contributed by atoms with E-state index in [1.54, 1.807) is 37.3 Å². The second-order valence-corrected chi connectivity index (χ2v) is 10.2. The number of anilines is 1. The number of amides is 1. The maximum Gasteiger partial charge on any atom is 0.411 e. The second kappa shape index (κ2) is 9.72. The molecule has 0 aliphatic rings. The van der Waals surface area contributed by atoms with Crippen molar-refractivity contribution >= 4 is 35.1 Å². The molecule has 0 bridgehead atoms. The largest absolute Gasteiger partial charge is 0.508 e. The van der Waals surface area contributed by atoms with E-state index in [0.717, 1.165) is 25.9 Å². The number of hydrogen-bond donors (Lipinski definition) is 3. The van der Waals surface area contributed by atoms with Crippen molar-refractivity contribution in [3.8, 4) is 26.8 Å². The molecule has 8 heteroatoms. The molecule has 31 heavy (non-hydrogen) atoms. The Morgan fingerprint density at radius 1 is 1.16 bits per heavy atom. The van der Waals surface area contributed by atoms with E-state index in [4.69, 9.17) is 4.74 Å². The number of rotatable bonds is 6. The first-order valence-electron chi connectivity index (χ1n) is 9.92. The minimum absolute atomic E-state index is 0.0658. The maximum atomic E-state index is 11.7. The molecule has 1 amide bonds. The van der Waals surface area contributed by atoms with Gasteiger partial charge in [0.1, 0.15) is 10.8 Å². The van der Waals surface area contributed by atoms with Gasteiger partial charge in [-0.1, -0.05) is 0 Å². The van der Waals surface area contributed by atoms with E-state index in [9.17, 15) is 9.90 Å². The first kappa shape index (κ1) is 23.1. The third kappa shape index (κ3) is 6.72. The molecule has 0 spiro atoms. The van der Waals surface area contributed by atoms with E-state index in [1.165, 1.54) is 11.9 Å². The number of thiazole rings is 1. The van der Waals surface area contributed by atoms with Crippen molar-refractivity contribution in [3.63, 3.8) is 0 Å². The second-order valence-electron chi connectivity index (χ2n) is 8.32. The Morgan fingerprint density at radius 2 is 1.87 bits per heavy atom. The number of benzene rings is 2. The zero-order valence-corrected chi connectivity index (χ0v) is 19.9. The highest BCUT2D eigenvalue weighted by atomic mass is 32.2. The number of aromatic nitrogens is 1. The summed E-state index contributed by atoms with van der Waals surface area (Å²) in [5, 5.41) is 13.5. The monoisotopic (exact) mass is 457 g/mol. The SMILES string of the molecule is CC(C)OC(=O)Nc1ccc(-c2ncc(-c3ccc(O)cc3SNC(C)(C)C)s2)cc1. The van der Waals surface area contributed by atoms with Gasteiger partial charge >= 0.3 is 6.09 Å². The fourth-order valence-corrected chi connectivity index (χ4v) is 4.51. The summed E-state index contributed by atoms with van der Waals surface area (Å²) < 4.78 is 8.49. The van der Waals surface area contributed by atoms with Gasteiger partial charge in [0.05, 0.1) is 11.0 Å². The Labute approximate surface area is 191 Å². The lowest BCUT2D eigenvalue weighted by molar-refractivity contribution is 0.130. The van der Waals surface area contributed by atoms with Crippen molar-refractivity contribution in [2.75, 3.05) is 5.32 Å². The zero-order valence-electron chi connectivity index (χ0n) is 18.2. The standard InChI is InChI=1S/C23H27N3O3S2/c1-14(2)29-22(28)25-16-8-6-15(7-9-16)21-24-13-20(30-21)18-11-10-17(27)12-19(18)31-26-23(3,4)5/h6-14,26-27H,1-5H3,(H,25,28). The van der Waals surface area contributed by atoms with Crippen molar-refractivity contribution in [1.29, 1.82) is 0 Å². The fourth-order valence-electron chi connectivity index (χ4n) is 2.60. The molecule has 0 unspecified atom stereocenters. The minimum atomic E-state index is -0.472. The molecule has 0 fully saturated rings. The zero-order chi connectivity index (χ0) is 22.6. The van der Waals surface area contributed by atoms with Gasteiger partial charge in [-0.3, -0.25) is 10.0 Å². The number of aromatic hydroxyl groups is 1. The van der Waals surface area contributed by atoms with Crippen LogP contribution in [0.2, 0.25) is 0 Å². The summed E-state index contributed by atoms with van der Waals surface area (Å²) in [5.74, 6) is 0.228. The van der Waals surface area contributed by atoms with Crippen molar-refractivity contribution in [2.24, 2.45) is 0 Å². The highest BCUT2D eigenvalue weighted by Crippen LogP contribution is 2.38. The molecule has 3 aromatic rings. The van der Waals surface area contributed by atoms with Gasteiger partial charge < -0.3 is 9.84 Å². The molecular formula is C23H27N3O3S2. The van der Waals surface area contributed by atoms with Crippen LogP contribution in [0, 0.1) is 0 Å². The molecular weight excluding hydrogens is 430 g/mol. The lowest BCUT2D eigenvalue weighted by Gasteiger charge is -2.20. The van der Waals surface area contributed by atoms with E-state index in [2.05, 4.69) is 35.8 Å². The van der Waals surface area contributed by atoms with Crippen LogP contribution in [-0.2, 0) is 4.74 Å². The summed E-state index contributed by atoms with van der Waals surface area (Å²) in [7, 11) is 0. The number of phenolic OH excluding ortho intramolecular Hbond substituents is 1. The Hall–Kier alpha value is -2.55. The van der Waals surface area contributed by atoms with Crippen molar-refractivity contribution in [3.05, 3.63) is 48.7 Å². The number of hydrogen-bond acceptors (Lipinski definition) is 7. The van der Waals surface area contributed by atoms with Gasteiger partial charge in [0.2, 0.25) is 0 Å². The predicted octanol–water partition coefficient (Wildman–Crippen LogP) is 6.53. The average Bonchev–Trinajstić information content (AvgIpc) is 3.15. The highest BCUT2D eigenvalue weighted by Gasteiger charge is 2.15. The van der Waals surface area contributed by atoms with Crippen LogP contribution in [0.1, 0.15) is 34.6 Å². The maximum absolute atomic E-state index is 11.7. The Morgan fingerprint density at radius 3 is 2.52 bits per heavy atom. The van der Waals surface area contributed by atoms with Crippen LogP contribution in [-0.4, -0.2) is 27.8 Å². The Balaban J connectivity index is 1.78. The molecule has 3 N–H and O–H groups in total. The molecule has 6 nitrogen and oxygen atoms in total. The molecule has 0 radical (unpaired) electrons. The quantitative estimate of drug-likeness (QED) is 0.365. The van der Waals surface area contributed by atoms with E-state index < -0.39 is 6.09 Å². The van der Waals surface area contributed by atoms with E-state index in [-0.39, 0.29) is 17.4 Å². The summed E-state index contributed by atoms with van der Waals surface area (Å²) in [6.45, 7) is 9.89. The molecule has 0 saturated heterocycles. The topological polar surface area (TPSA) is 83.5 Å². The van der Waals surface area contributed by atoms with E-state index in [0.29, 0.717) is 5.69 Å². The Kier molecular flexibility index (Phi) is 7.25. The summed E-state index contributed by atoms with van der Waals surface area (Å²) in [6.07, 6.45) is 1.20. The third-order valence-corrected chi connectivity index (χ3v) is 6.28. The molecule has 0 aliphatic heterocycles. The van der Waals surface area contributed by atoms with Crippen LogP contribution in [0.5, 0.6) is 5.75 Å². The predicted molar refractivity (Wildman–Crippen MR) is 129 cm³/mol. The number of nitrogens with one attached hydrogen (secondary N) is 2. The normalized spacial score (nSPS) is 11.5. The van der Waals surface area contributed by atoms with Gasteiger partial charge in [-0.05, 0) is 89.0 Å².